The van der Waals surface area contributed by atoms with Crippen LogP contribution in [0.3, 0.4) is 0 Å². The average Bonchev–Trinajstić information content (AvgIpc) is 2.34. The predicted octanol–water partition coefficient (Wildman–Crippen LogP) is 2.37. The number of aromatic nitrogens is 1. The molecular weight excluding hydrogens is 250 g/mol. The number of pyridine rings is 1. The lowest BCUT2D eigenvalue weighted by molar-refractivity contribution is -0.117. The largest absolute Gasteiger partial charge is 0.325 e. The smallest absolute Gasteiger partial charge is 0.224 e. The van der Waals surface area contributed by atoms with Gasteiger partial charge in [-0.15, -0.1) is 0 Å². The van der Waals surface area contributed by atoms with E-state index >= 15 is 0 Å². The number of halogens is 1. The first kappa shape index (κ1) is 13.3. The molecule has 0 aromatic carbocycles. The Morgan fingerprint density at radius 1 is 1.56 bits per heavy atom. The highest BCUT2D eigenvalue weighted by atomic mass is 35.5. The Bertz CT molecular complexity index is 430. The van der Waals surface area contributed by atoms with Crippen molar-refractivity contribution in [3.05, 3.63) is 23.0 Å². The van der Waals surface area contributed by atoms with Gasteiger partial charge in [0.2, 0.25) is 5.91 Å². The zero-order valence-electron chi connectivity index (χ0n) is 10.5. The van der Waals surface area contributed by atoms with E-state index in [4.69, 9.17) is 11.6 Å². The minimum atomic E-state index is 0.0640. The molecule has 2 N–H and O–H groups in total. The van der Waals surface area contributed by atoms with Gasteiger partial charge in [0.15, 0.2) is 0 Å². The topological polar surface area (TPSA) is 54.0 Å². The number of rotatable bonds is 3. The lowest BCUT2D eigenvalue weighted by Gasteiger charge is -2.22. The van der Waals surface area contributed by atoms with Crippen LogP contribution in [-0.4, -0.2) is 24.0 Å². The van der Waals surface area contributed by atoms with Crippen LogP contribution >= 0.6 is 11.6 Å². The first-order valence-electron chi connectivity index (χ1n) is 6.28. The number of nitrogens with zero attached hydrogens (tertiary/aromatic N) is 1. The lowest BCUT2D eigenvalue weighted by atomic mass is 9.94. The van der Waals surface area contributed by atoms with Crippen molar-refractivity contribution in [3.8, 4) is 0 Å². The third-order valence-corrected chi connectivity index (χ3v) is 3.49. The fourth-order valence-electron chi connectivity index (χ4n) is 2.20. The molecule has 1 saturated heterocycles. The summed E-state index contributed by atoms with van der Waals surface area (Å²) in [5.74, 6) is 0.556. The molecule has 0 aliphatic carbocycles. The van der Waals surface area contributed by atoms with E-state index in [-0.39, 0.29) is 5.91 Å². The van der Waals surface area contributed by atoms with E-state index in [0.29, 0.717) is 17.5 Å². The molecule has 2 heterocycles. The molecule has 98 valence electrons. The van der Waals surface area contributed by atoms with E-state index in [1.807, 2.05) is 6.92 Å². The van der Waals surface area contributed by atoms with Crippen LogP contribution in [0.25, 0.3) is 0 Å². The second-order valence-corrected chi connectivity index (χ2v) is 5.15. The highest BCUT2D eigenvalue weighted by Gasteiger charge is 2.17. The van der Waals surface area contributed by atoms with E-state index < -0.39 is 0 Å². The summed E-state index contributed by atoms with van der Waals surface area (Å²) in [5.41, 5.74) is 1.69. The van der Waals surface area contributed by atoms with Crippen molar-refractivity contribution < 1.29 is 4.79 Å². The van der Waals surface area contributed by atoms with Crippen LogP contribution in [0.5, 0.6) is 0 Å². The molecule has 0 unspecified atom stereocenters. The van der Waals surface area contributed by atoms with Crippen LogP contribution in [0.1, 0.15) is 24.8 Å². The maximum absolute atomic E-state index is 11.9. The van der Waals surface area contributed by atoms with E-state index in [1.165, 1.54) is 0 Å². The first-order chi connectivity index (χ1) is 8.65. The van der Waals surface area contributed by atoms with Crippen molar-refractivity contribution in [2.45, 2.75) is 26.2 Å². The van der Waals surface area contributed by atoms with Gasteiger partial charge in [0.25, 0.3) is 0 Å². The Balaban J connectivity index is 1.90. The SMILES string of the molecule is Cc1cc(Cl)ncc1NC(=O)CC1CCNCC1. The molecule has 0 saturated carbocycles. The van der Waals surface area contributed by atoms with E-state index in [9.17, 15) is 4.79 Å². The van der Waals surface area contributed by atoms with Crippen molar-refractivity contribution in [1.82, 2.24) is 10.3 Å². The number of nitrogens with one attached hydrogen (secondary N) is 2. The fraction of sp³-hybridized carbons (Fsp3) is 0.538. The Hall–Kier alpha value is -1.13. The van der Waals surface area contributed by atoms with Gasteiger partial charge >= 0.3 is 0 Å². The molecule has 5 heteroatoms. The molecule has 1 aromatic heterocycles. The minimum absolute atomic E-state index is 0.0640. The number of anilines is 1. The second-order valence-electron chi connectivity index (χ2n) is 4.77. The molecule has 1 aliphatic rings. The molecule has 1 aliphatic heterocycles. The van der Waals surface area contributed by atoms with Gasteiger partial charge in [0.1, 0.15) is 5.15 Å². The second kappa shape index (κ2) is 6.16. The van der Waals surface area contributed by atoms with E-state index in [1.54, 1.807) is 12.3 Å². The van der Waals surface area contributed by atoms with Gasteiger partial charge in [-0.05, 0) is 50.4 Å². The van der Waals surface area contributed by atoms with Crippen LogP contribution < -0.4 is 10.6 Å². The van der Waals surface area contributed by atoms with Gasteiger partial charge in [-0.3, -0.25) is 4.79 Å². The Morgan fingerprint density at radius 3 is 2.94 bits per heavy atom. The van der Waals surface area contributed by atoms with Crippen molar-refractivity contribution in [2.24, 2.45) is 5.92 Å². The monoisotopic (exact) mass is 267 g/mol. The summed E-state index contributed by atoms with van der Waals surface area (Å²) in [6, 6.07) is 1.75. The number of hydrogen-bond donors (Lipinski definition) is 2. The fourth-order valence-corrected chi connectivity index (χ4v) is 2.41. The van der Waals surface area contributed by atoms with Gasteiger partial charge in [0.05, 0.1) is 11.9 Å². The highest BCUT2D eigenvalue weighted by molar-refractivity contribution is 6.29. The number of hydrogen-bond acceptors (Lipinski definition) is 3. The summed E-state index contributed by atoms with van der Waals surface area (Å²) < 4.78 is 0. The number of carbonyl (C=O) groups is 1. The van der Waals surface area contributed by atoms with Crippen LogP contribution in [0.4, 0.5) is 5.69 Å². The Labute approximate surface area is 112 Å². The maximum Gasteiger partial charge on any atom is 0.224 e. The molecule has 1 amide bonds. The standard InChI is InChI=1S/C13H18ClN3O/c1-9-6-12(14)16-8-11(9)17-13(18)7-10-2-4-15-5-3-10/h6,8,10,15H,2-5,7H2,1H3,(H,17,18). The van der Waals surface area contributed by atoms with Gasteiger partial charge in [0, 0.05) is 6.42 Å². The normalized spacial score (nSPS) is 16.6. The van der Waals surface area contributed by atoms with Crippen molar-refractivity contribution >= 4 is 23.2 Å². The van der Waals surface area contributed by atoms with E-state index in [0.717, 1.165) is 37.2 Å². The molecule has 1 fully saturated rings. The summed E-state index contributed by atoms with van der Waals surface area (Å²) in [5, 5.41) is 6.65. The zero-order chi connectivity index (χ0) is 13.0. The molecule has 18 heavy (non-hydrogen) atoms. The molecule has 4 nitrogen and oxygen atoms in total. The highest BCUT2D eigenvalue weighted by Crippen LogP contribution is 2.20. The number of piperidine rings is 1. The molecule has 0 radical (unpaired) electrons. The van der Waals surface area contributed by atoms with Crippen LogP contribution in [0, 0.1) is 12.8 Å². The van der Waals surface area contributed by atoms with Crippen molar-refractivity contribution in [1.29, 1.82) is 0 Å². The van der Waals surface area contributed by atoms with Gasteiger partial charge in [-0.2, -0.15) is 0 Å². The number of carbonyl (C=O) groups excluding carboxylic acids is 1. The predicted molar refractivity (Wildman–Crippen MR) is 72.8 cm³/mol. The van der Waals surface area contributed by atoms with Gasteiger partial charge < -0.3 is 10.6 Å². The summed E-state index contributed by atoms with van der Waals surface area (Å²) in [6.45, 7) is 3.94. The van der Waals surface area contributed by atoms with Crippen molar-refractivity contribution in [2.75, 3.05) is 18.4 Å². The maximum atomic E-state index is 11.9. The summed E-state index contributed by atoms with van der Waals surface area (Å²) >= 11 is 5.78. The third-order valence-electron chi connectivity index (χ3n) is 3.28. The van der Waals surface area contributed by atoms with Crippen LogP contribution in [0.2, 0.25) is 5.15 Å². The van der Waals surface area contributed by atoms with Crippen LogP contribution in [-0.2, 0) is 4.79 Å². The summed E-state index contributed by atoms with van der Waals surface area (Å²) in [4.78, 5) is 15.9. The zero-order valence-corrected chi connectivity index (χ0v) is 11.3. The molecule has 0 atom stereocenters. The van der Waals surface area contributed by atoms with Crippen LogP contribution in [0.15, 0.2) is 12.3 Å². The lowest BCUT2D eigenvalue weighted by Crippen LogP contribution is -2.30. The quantitative estimate of drug-likeness (QED) is 0.827. The third kappa shape index (κ3) is 3.68. The summed E-state index contributed by atoms with van der Waals surface area (Å²) in [7, 11) is 0. The molecule has 1 aromatic rings. The first-order valence-corrected chi connectivity index (χ1v) is 6.65. The Kier molecular flexibility index (Phi) is 4.55. The molecule has 2 rings (SSSR count). The molecular formula is C13H18ClN3O. The Morgan fingerprint density at radius 2 is 2.28 bits per heavy atom. The van der Waals surface area contributed by atoms with Gasteiger partial charge in [-0.25, -0.2) is 4.98 Å². The van der Waals surface area contributed by atoms with Gasteiger partial charge in [-0.1, -0.05) is 11.6 Å². The van der Waals surface area contributed by atoms with Crippen molar-refractivity contribution in [3.63, 3.8) is 0 Å². The van der Waals surface area contributed by atoms with E-state index in [2.05, 4.69) is 15.6 Å². The number of amides is 1. The summed E-state index contributed by atoms with van der Waals surface area (Å²) in [6.07, 6.45) is 4.35. The molecule has 0 spiro atoms. The molecule has 0 bridgehead atoms. The number of aryl methyl sites for hydroxylation is 1. The minimum Gasteiger partial charge on any atom is -0.325 e. The average molecular weight is 268 g/mol.